The molecule has 16 heavy (non-hydrogen) atoms. The summed E-state index contributed by atoms with van der Waals surface area (Å²) in [5.74, 6) is 1.20. The molecular formula is C11H20N2O2S. The van der Waals surface area contributed by atoms with Crippen LogP contribution in [0.1, 0.15) is 40.0 Å². The number of hydrogen-bond acceptors (Lipinski definition) is 3. The van der Waals surface area contributed by atoms with Gasteiger partial charge in [-0.05, 0) is 38.0 Å². The first-order chi connectivity index (χ1) is 7.36. The monoisotopic (exact) mass is 244 g/mol. The van der Waals surface area contributed by atoms with Gasteiger partial charge >= 0.3 is 0 Å². The van der Waals surface area contributed by atoms with Crippen molar-refractivity contribution in [3.05, 3.63) is 0 Å². The van der Waals surface area contributed by atoms with Crippen molar-refractivity contribution in [3.8, 4) is 6.07 Å². The lowest BCUT2D eigenvalue weighted by Gasteiger charge is -2.32. The van der Waals surface area contributed by atoms with E-state index in [-0.39, 0.29) is 6.04 Å². The third kappa shape index (κ3) is 3.19. The number of sulfonamides is 1. The van der Waals surface area contributed by atoms with Crippen LogP contribution in [0.2, 0.25) is 0 Å². The molecule has 0 aromatic heterocycles. The molecule has 1 aliphatic rings. The van der Waals surface area contributed by atoms with E-state index in [4.69, 9.17) is 5.26 Å². The second kappa shape index (κ2) is 5.15. The molecule has 4 nitrogen and oxygen atoms in total. The molecule has 1 rings (SSSR count). The van der Waals surface area contributed by atoms with E-state index >= 15 is 0 Å². The van der Waals surface area contributed by atoms with Crippen molar-refractivity contribution < 1.29 is 8.42 Å². The predicted octanol–water partition coefficient (Wildman–Crippen LogP) is 1.64. The molecule has 0 radical (unpaired) electrons. The number of nitrogens with one attached hydrogen (secondary N) is 1. The lowest BCUT2D eigenvalue weighted by Crippen LogP contribution is -2.43. The van der Waals surface area contributed by atoms with E-state index in [1.807, 2.05) is 0 Å². The molecule has 0 amide bonds. The standard InChI is InChI=1S/C11H20N2O2S/c1-8-4-5-11(6-9(8)2)13-16(14,15)10(3)7-12/h8-11,13H,4-6H2,1-3H3. The van der Waals surface area contributed by atoms with Crippen molar-refractivity contribution in [1.82, 2.24) is 4.72 Å². The second-order valence-corrected chi connectivity index (χ2v) is 6.93. The molecule has 4 unspecified atom stereocenters. The van der Waals surface area contributed by atoms with Crippen LogP contribution < -0.4 is 4.72 Å². The summed E-state index contributed by atoms with van der Waals surface area (Å²) in [5, 5.41) is 7.65. The Morgan fingerprint density at radius 3 is 2.44 bits per heavy atom. The smallest absolute Gasteiger partial charge is 0.211 e. The van der Waals surface area contributed by atoms with Crippen molar-refractivity contribution in [2.24, 2.45) is 11.8 Å². The highest BCUT2D eigenvalue weighted by Crippen LogP contribution is 2.29. The van der Waals surface area contributed by atoms with E-state index < -0.39 is 15.3 Å². The van der Waals surface area contributed by atoms with Crippen molar-refractivity contribution in [1.29, 1.82) is 5.26 Å². The lowest BCUT2D eigenvalue weighted by atomic mass is 9.79. The minimum Gasteiger partial charge on any atom is -0.211 e. The van der Waals surface area contributed by atoms with Gasteiger partial charge in [0.25, 0.3) is 0 Å². The maximum Gasteiger partial charge on any atom is 0.227 e. The Bertz CT molecular complexity index is 372. The van der Waals surface area contributed by atoms with Crippen LogP contribution in [-0.2, 0) is 10.0 Å². The van der Waals surface area contributed by atoms with Gasteiger partial charge in [0.1, 0.15) is 0 Å². The second-order valence-electron chi connectivity index (χ2n) is 4.90. The van der Waals surface area contributed by atoms with Crippen molar-refractivity contribution in [2.45, 2.75) is 51.3 Å². The van der Waals surface area contributed by atoms with Gasteiger partial charge in [0, 0.05) is 6.04 Å². The molecule has 5 heteroatoms. The fourth-order valence-electron chi connectivity index (χ4n) is 2.06. The fourth-order valence-corrected chi connectivity index (χ4v) is 3.08. The Balaban J connectivity index is 2.60. The van der Waals surface area contributed by atoms with Gasteiger partial charge < -0.3 is 0 Å². The molecule has 1 aliphatic carbocycles. The molecular weight excluding hydrogens is 224 g/mol. The van der Waals surface area contributed by atoms with Gasteiger partial charge in [-0.1, -0.05) is 13.8 Å². The van der Waals surface area contributed by atoms with Crippen LogP contribution in [0, 0.1) is 23.2 Å². The van der Waals surface area contributed by atoms with Gasteiger partial charge in [0.15, 0.2) is 5.25 Å². The largest absolute Gasteiger partial charge is 0.227 e. The van der Waals surface area contributed by atoms with Gasteiger partial charge in [0.05, 0.1) is 6.07 Å². The summed E-state index contributed by atoms with van der Waals surface area (Å²) in [5.41, 5.74) is 0. The number of nitrogens with zero attached hydrogens (tertiary/aromatic N) is 1. The molecule has 0 bridgehead atoms. The SMILES string of the molecule is CC1CCC(NS(=O)(=O)C(C)C#N)CC1C. The maximum atomic E-state index is 11.7. The van der Waals surface area contributed by atoms with Crippen LogP contribution >= 0.6 is 0 Å². The van der Waals surface area contributed by atoms with E-state index in [1.165, 1.54) is 6.92 Å². The van der Waals surface area contributed by atoms with Crippen molar-refractivity contribution >= 4 is 10.0 Å². The lowest BCUT2D eigenvalue weighted by molar-refractivity contribution is 0.241. The Hall–Kier alpha value is -0.600. The van der Waals surface area contributed by atoms with E-state index in [0.717, 1.165) is 19.3 Å². The summed E-state index contributed by atoms with van der Waals surface area (Å²) in [6.45, 7) is 5.77. The van der Waals surface area contributed by atoms with E-state index in [9.17, 15) is 8.42 Å². The van der Waals surface area contributed by atoms with Crippen LogP contribution in [0.25, 0.3) is 0 Å². The molecule has 92 valence electrons. The van der Waals surface area contributed by atoms with E-state index in [1.54, 1.807) is 6.07 Å². The first kappa shape index (κ1) is 13.5. The topological polar surface area (TPSA) is 70.0 Å². The zero-order valence-corrected chi connectivity index (χ0v) is 10.9. The third-order valence-electron chi connectivity index (χ3n) is 3.58. The highest BCUT2D eigenvalue weighted by Gasteiger charge is 2.29. The van der Waals surface area contributed by atoms with Crippen molar-refractivity contribution in [3.63, 3.8) is 0 Å². The van der Waals surface area contributed by atoms with Crippen LogP contribution in [-0.4, -0.2) is 19.7 Å². The summed E-state index contributed by atoms with van der Waals surface area (Å²) in [6.07, 6.45) is 2.80. The summed E-state index contributed by atoms with van der Waals surface area (Å²) < 4.78 is 26.0. The molecule has 0 aliphatic heterocycles. The fraction of sp³-hybridized carbons (Fsp3) is 0.909. The zero-order chi connectivity index (χ0) is 12.3. The minimum absolute atomic E-state index is 0.00648. The highest BCUT2D eigenvalue weighted by atomic mass is 32.2. The number of nitriles is 1. The Kier molecular flexibility index (Phi) is 4.34. The van der Waals surface area contributed by atoms with E-state index in [0.29, 0.717) is 11.8 Å². The van der Waals surface area contributed by atoms with Gasteiger partial charge in [-0.15, -0.1) is 0 Å². The third-order valence-corrected chi connectivity index (χ3v) is 5.27. The first-order valence-corrected chi connectivity index (χ1v) is 7.32. The molecule has 0 spiro atoms. The number of rotatable bonds is 3. The normalized spacial score (nSPS) is 33.0. The van der Waals surface area contributed by atoms with Gasteiger partial charge in [0.2, 0.25) is 10.0 Å². The zero-order valence-electron chi connectivity index (χ0n) is 10.1. The van der Waals surface area contributed by atoms with Crippen LogP contribution in [0.15, 0.2) is 0 Å². The van der Waals surface area contributed by atoms with Crippen LogP contribution in [0.5, 0.6) is 0 Å². The summed E-state index contributed by atoms with van der Waals surface area (Å²) >= 11 is 0. The van der Waals surface area contributed by atoms with Crippen molar-refractivity contribution in [2.75, 3.05) is 0 Å². The highest BCUT2D eigenvalue weighted by molar-refractivity contribution is 7.90. The van der Waals surface area contributed by atoms with Gasteiger partial charge in [-0.2, -0.15) is 5.26 Å². The Morgan fingerprint density at radius 1 is 1.31 bits per heavy atom. The molecule has 1 N–H and O–H groups in total. The first-order valence-electron chi connectivity index (χ1n) is 5.77. The molecule has 0 saturated heterocycles. The summed E-state index contributed by atoms with van der Waals surface area (Å²) in [7, 11) is -3.46. The summed E-state index contributed by atoms with van der Waals surface area (Å²) in [6, 6.07) is 1.77. The molecule has 1 fully saturated rings. The Labute approximate surface area is 98.1 Å². The Morgan fingerprint density at radius 2 is 1.94 bits per heavy atom. The van der Waals surface area contributed by atoms with Gasteiger partial charge in [-0.3, -0.25) is 0 Å². The molecule has 1 saturated carbocycles. The minimum atomic E-state index is -3.46. The van der Waals surface area contributed by atoms with E-state index in [2.05, 4.69) is 18.6 Å². The van der Waals surface area contributed by atoms with Crippen LogP contribution in [0.3, 0.4) is 0 Å². The van der Waals surface area contributed by atoms with Crippen LogP contribution in [0.4, 0.5) is 0 Å². The molecule has 0 aromatic carbocycles. The maximum absolute atomic E-state index is 11.7. The molecule has 0 aromatic rings. The summed E-state index contributed by atoms with van der Waals surface area (Å²) in [4.78, 5) is 0. The average Bonchev–Trinajstić information content (AvgIpc) is 2.22. The predicted molar refractivity (Wildman–Crippen MR) is 63.1 cm³/mol. The molecule has 0 heterocycles. The molecule has 4 atom stereocenters. The quantitative estimate of drug-likeness (QED) is 0.820. The average molecular weight is 244 g/mol. The number of hydrogen-bond donors (Lipinski definition) is 1. The van der Waals surface area contributed by atoms with Gasteiger partial charge in [-0.25, -0.2) is 13.1 Å².